The van der Waals surface area contributed by atoms with Crippen molar-refractivity contribution in [2.45, 2.75) is 26.3 Å². The fourth-order valence-corrected chi connectivity index (χ4v) is 3.21. The molecule has 0 aliphatic carbocycles. The molecule has 1 atom stereocenters. The molecule has 2 aromatic heterocycles. The van der Waals surface area contributed by atoms with E-state index in [0.717, 1.165) is 28.6 Å². The minimum Gasteiger partial charge on any atom is -0.469 e. The Kier molecular flexibility index (Phi) is 4.26. The first-order chi connectivity index (χ1) is 8.27. The summed E-state index contributed by atoms with van der Waals surface area (Å²) in [5, 5.41) is 6.31. The van der Waals surface area contributed by atoms with E-state index in [1.54, 1.807) is 17.6 Å². The SMILES string of the molecule is CCNC(c1ccoc1CC)c1sccc1Cl. The van der Waals surface area contributed by atoms with Gasteiger partial charge in [-0.15, -0.1) is 11.3 Å². The van der Waals surface area contributed by atoms with Crippen LogP contribution < -0.4 is 5.32 Å². The molecule has 2 aromatic rings. The first-order valence-corrected chi connectivity index (χ1v) is 7.06. The van der Waals surface area contributed by atoms with Gasteiger partial charge < -0.3 is 9.73 Å². The van der Waals surface area contributed by atoms with Gasteiger partial charge in [0.05, 0.1) is 17.3 Å². The van der Waals surface area contributed by atoms with Gasteiger partial charge >= 0.3 is 0 Å². The smallest absolute Gasteiger partial charge is 0.108 e. The highest BCUT2D eigenvalue weighted by molar-refractivity contribution is 7.10. The quantitative estimate of drug-likeness (QED) is 0.878. The predicted molar refractivity (Wildman–Crippen MR) is 72.9 cm³/mol. The van der Waals surface area contributed by atoms with Crippen LogP contribution in [0.3, 0.4) is 0 Å². The first kappa shape index (κ1) is 12.7. The Morgan fingerprint density at radius 1 is 1.41 bits per heavy atom. The van der Waals surface area contributed by atoms with Crippen molar-refractivity contribution in [1.82, 2.24) is 5.32 Å². The second kappa shape index (κ2) is 5.71. The second-order valence-electron chi connectivity index (χ2n) is 3.78. The van der Waals surface area contributed by atoms with E-state index in [9.17, 15) is 0 Å². The topological polar surface area (TPSA) is 25.2 Å². The van der Waals surface area contributed by atoms with Crippen LogP contribution in [-0.2, 0) is 6.42 Å². The van der Waals surface area contributed by atoms with Crippen LogP contribution in [0.1, 0.15) is 36.1 Å². The third kappa shape index (κ3) is 2.57. The average molecular weight is 270 g/mol. The molecule has 0 aliphatic heterocycles. The highest BCUT2D eigenvalue weighted by Crippen LogP contribution is 2.34. The summed E-state index contributed by atoms with van der Waals surface area (Å²) in [4.78, 5) is 1.16. The Morgan fingerprint density at radius 2 is 2.24 bits per heavy atom. The Labute approximate surface area is 111 Å². The summed E-state index contributed by atoms with van der Waals surface area (Å²) in [7, 11) is 0. The summed E-state index contributed by atoms with van der Waals surface area (Å²) in [6.45, 7) is 5.09. The zero-order valence-electron chi connectivity index (χ0n) is 10.00. The van der Waals surface area contributed by atoms with Crippen LogP contribution in [0.4, 0.5) is 0 Å². The van der Waals surface area contributed by atoms with Crippen molar-refractivity contribution in [2.24, 2.45) is 0 Å². The highest BCUT2D eigenvalue weighted by Gasteiger charge is 2.21. The Morgan fingerprint density at radius 3 is 2.82 bits per heavy atom. The van der Waals surface area contributed by atoms with Crippen molar-refractivity contribution in [3.8, 4) is 0 Å². The van der Waals surface area contributed by atoms with E-state index in [1.807, 2.05) is 17.5 Å². The summed E-state index contributed by atoms with van der Waals surface area (Å²) in [5.41, 5.74) is 1.19. The van der Waals surface area contributed by atoms with Crippen LogP contribution in [0.25, 0.3) is 0 Å². The summed E-state index contributed by atoms with van der Waals surface area (Å²) in [6, 6.07) is 4.11. The molecule has 2 nitrogen and oxygen atoms in total. The van der Waals surface area contributed by atoms with E-state index >= 15 is 0 Å². The lowest BCUT2D eigenvalue weighted by atomic mass is 10.0. The number of furan rings is 1. The van der Waals surface area contributed by atoms with Gasteiger partial charge in [0.15, 0.2) is 0 Å². The van der Waals surface area contributed by atoms with Gasteiger partial charge in [0.1, 0.15) is 5.76 Å². The van der Waals surface area contributed by atoms with Gasteiger partial charge in [-0.2, -0.15) is 0 Å². The Balaban J connectivity index is 2.39. The molecule has 0 amide bonds. The van der Waals surface area contributed by atoms with Gasteiger partial charge in [0, 0.05) is 16.9 Å². The zero-order valence-corrected chi connectivity index (χ0v) is 11.6. The summed E-state index contributed by atoms with van der Waals surface area (Å²) >= 11 is 7.90. The van der Waals surface area contributed by atoms with Gasteiger partial charge in [-0.05, 0) is 24.1 Å². The molecule has 4 heteroatoms. The molecule has 2 heterocycles. The van der Waals surface area contributed by atoms with E-state index in [4.69, 9.17) is 16.0 Å². The second-order valence-corrected chi connectivity index (χ2v) is 5.13. The maximum atomic E-state index is 6.22. The molecule has 17 heavy (non-hydrogen) atoms. The van der Waals surface area contributed by atoms with Crippen LogP contribution >= 0.6 is 22.9 Å². The molecule has 1 N–H and O–H groups in total. The normalized spacial score (nSPS) is 12.9. The molecule has 0 radical (unpaired) electrons. The lowest BCUT2D eigenvalue weighted by Crippen LogP contribution is -2.21. The van der Waals surface area contributed by atoms with Gasteiger partial charge in [0.25, 0.3) is 0 Å². The largest absolute Gasteiger partial charge is 0.469 e. The van der Waals surface area contributed by atoms with Crippen molar-refractivity contribution in [3.05, 3.63) is 45.0 Å². The first-order valence-electron chi connectivity index (χ1n) is 5.80. The van der Waals surface area contributed by atoms with Gasteiger partial charge in [0.2, 0.25) is 0 Å². The van der Waals surface area contributed by atoms with Gasteiger partial charge in [-0.25, -0.2) is 0 Å². The number of halogens is 1. The maximum Gasteiger partial charge on any atom is 0.108 e. The molecular formula is C13H16ClNOS. The lowest BCUT2D eigenvalue weighted by Gasteiger charge is -2.17. The molecule has 0 saturated carbocycles. The summed E-state index contributed by atoms with van der Waals surface area (Å²) < 4.78 is 5.50. The highest BCUT2D eigenvalue weighted by atomic mass is 35.5. The minimum absolute atomic E-state index is 0.140. The number of rotatable bonds is 5. The zero-order chi connectivity index (χ0) is 12.3. The summed E-state index contributed by atoms with van der Waals surface area (Å²) in [5.74, 6) is 1.03. The van der Waals surface area contributed by atoms with E-state index in [1.165, 1.54) is 5.56 Å². The van der Waals surface area contributed by atoms with Crippen LogP contribution in [0.5, 0.6) is 0 Å². The average Bonchev–Trinajstić information content (AvgIpc) is 2.94. The number of aryl methyl sites for hydroxylation is 1. The van der Waals surface area contributed by atoms with Gasteiger partial charge in [-0.1, -0.05) is 25.4 Å². The fraction of sp³-hybridized carbons (Fsp3) is 0.385. The number of thiophene rings is 1. The third-order valence-corrected chi connectivity index (χ3v) is 4.15. The van der Waals surface area contributed by atoms with Crippen molar-refractivity contribution in [3.63, 3.8) is 0 Å². The monoisotopic (exact) mass is 269 g/mol. The van der Waals surface area contributed by atoms with Crippen molar-refractivity contribution in [2.75, 3.05) is 6.54 Å². The molecule has 0 fully saturated rings. The third-order valence-electron chi connectivity index (χ3n) is 2.73. The van der Waals surface area contributed by atoms with Crippen LogP contribution in [0, 0.1) is 0 Å². The number of hydrogen-bond donors (Lipinski definition) is 1. The van der Waals surface area contributed by atoms with Gasteiger partial charge in [-0.3, -0.25) is 0 Å². The van der Waals surface area contributed by atoms with E-state index in [0.29, 0.717) is 0 Å². The van der Waals surface area contributed by atoms with Crippen molar-refractivity contribution >= 4 is 22.9 Å². The van der Waals surface area contributed by atoms with Crippen LogP contribution in [-0.4, -0.2) is 6.54 Å². The van der Waals surface area contributed by atoms with Crippen molar-refractivity contribution < 1.29 is 4.42 Å². The molecular weight excluding hydrogens is 254 g/mol. The fourth-order valence-electron chi connectivity index (χ4n) is 1.95. The van der Waals surface area contributed by atoms with E-state index in [2.05, 4.69) is 19.2 Å². The summed E-state index contributed by atoms with van der Waals surface area (Å²) in [6.07, 6.45) is 2.65. The van der Waals surface area contributed by atoms with E-state index < -0.39 is 0 Å². The Bertz CT molecular complexity index is 477. The van der Waals surface area contributed by atoms with Crippen molar-refractivity contribution in [1.29, 1.82) is 0 Å². The lowest BCUT2D eigenvalue weighted by molar-refractivity contribution is 0.503. The predicted octanol–water partition coefficient (Wildman–Crippen LogP) is 4.26. The van der Waals surface area contributed by atoms with Crippen LogP contribution in [0.15, 0.2) is 28.2 Å². The molecule has 0 saturated heterocycles. The molecule has 0 aromatic carbocycles. The molecule has 1 unspecified atom stereocenters. The number of nitrogens with one attached hydrogen (secondary N) is 1. The molecule has 92 valence electrons. The molecule has 0 spiro atoms. The molecule has 0 bridgehead atoms. The van der Waals surface area contributed by atoms with E-state index in [-0.39, 0.29) is 6.04 Å². The standard InChI is InChI=1S/C13H16ClNOS/c1-3-11-9(5-7-16-11)12(15-4-2)13-10(14)6-8-17-13/h5-8,12,15H,3-4H2,1-2H3. The molecule has 0 aliphatic rings. The van der Waals surface area contributed by atoms with Crippen LogP contribution in [0.2, 0.25) is 5.02 Å². The Hall–Kier alpha value is -0.770. The molecule has 2 rings (SSSR count). The maximum absolute atomic E-state index is 6.22. The minimum atomic E-state index is 0.140. The number of hydrogen-bond acceptors (Lipinski definition) is 3.